The molecule has 1 heterocycles. The first-order chi connectivity index (χ1) is 9.20. The van der Waals surface area contributed by atoms with Gasteiger partial charge in [0, 0.05) is 37.3 Å². The maximum absolute atomic E-state index is 6.03. The van der Waals surface area contributed by atoms with Gasteiger partial charge in [-0.05, 0) is 42.2 Å². The fourth-order valence-corrected chi connectivity index (χ4v) is 2.93. The average Bonchev–Trinajstić information content (AvgIpc) is 2.95. The first-order valence-electron chi connectivity index (χ1n) is 6.70. The maximum atomic E-state index is 6.03. The van der Waals surface area contributed by atoms with E-state index in [0.717, 1.165) is 36.5 Å². The lowest BCUT2D eigenvalue weighted by Crippen LogP contribution is -2.31. The molecule has 0 fully saturated rings. The molecular weight excluding hydrogens is 258 g/mol. The normalized spacial score (nSPS) is 17.7. The Kier molecular flexibility index (Phi) is 3.58. The van der Waals surface area contributed by atoms with Gasteiger partial charge in [-0.15, -0.1) is 0 Å². The van der Waals surface area contributed by atoms with Crippen LogP contribution in [0.2, 0.25) is 5.02 Å². The van der Waals surface area contributed by atoms with Crippen LogP contribution >= 0.6 is 11.6 Å². The number of fused-ring (bicyclic) bond motifs is 1. The molecule has 1 atom stereocenters. The van der Waals surface area contributed by atoms with Gasteiger partial charge < -0.3 is 5.32 Å². The number of benzene rings is 1. The molecule has 1 N–H and O–H groups in total. The number of rotatable bonds is 4. The number of hydrogen-bond donors (Lipinski definition) is 1. The molecule has 2 aromatic rings. The minimum Gasteiger partial charge on any atom is -0.313 e. The highest BCUT2D eigenvalue weighted by molar-refractivity contribution is 6.30. The summed E-state index contributed by atoms with van der Waals surface area (Å²) < 4.78 is 1.85. The van der Waals surface area contributed by atoms with Crippen molar-refractivity contribution < 1.29 is 0 Å². The first-order valence-corrected chi connectivity index (χ1v) is 7.08. The Balaban J connectivity index is 1.51. The Morgan fingerprint density at radius 3 is 2.95 bits per heavy atom. The fourth-order valence-electron chi connectivity index (χ4n) is 2.73. The molecule has 3 nitrogen and oxygen atoms in total. The fraction of sp³-hybridized carbons (Fsp3) is 0.400. The van der Waals surface area contributed by atoms with E-state index in [2.05, 4.69) is 28.6 Å². The maximum Gasteiger partial charge on any atom is 0.0637 e. The van der Waals surface area contributed by atoms with Gasteiger partial charge in [-0.2, -0.15) is 5.10 Å². The van der Waals surface area contributed by atoms with Crippen LogP contribution in [0.15, 0.2) is 30.5 Å². The van der Waals surface area contributed by atoms with Crippen molar-refractivity contribution in [1.29, 1.82) is 0 Å². The second kappa shape index (κ2) is 5.35. The summed E-state index contributed by atoms with van der Waals surface area (Å²) in [6, 6.07) is 8.84. The van der Waals surface area contributed by atoms with E-state index in [1.165, 1.54) is 11.1 Å². The van der Waals surface area contributed by atoms with Crippen LogP contribution < -0.4 is 5.32 Å². The van der Waals surface area contributed by atoms with Crippen molar-refractivity contribution >= 4 is 11.6 Å². The van der Waals surface area contributed by atoms with E-state index in [1.807, 2.05) is 24.0 Å². The van der Waals surface area contributed by atoms with E-state index in [9.17, 15) is 0 Å². The predicted molar refractivity (Wildman–Crippen MR) is 77.6 cm³/mol. The third-order valence-electron chi connectivity index (χ3n) is 3.68. The molecule has 0 bridgehead atoms. The van der Waals surface area contributed by atoms with Gasteiger partial charge in [-0.25, -0.2) is 0 Å². The van der Waals surface area contributed by atoms with Crippen LogP contribution in [0.4, 0.5) is 0 Å². The van der Waals surface area contributed by atoms with Gasteiger partial charge in [0.15, 0.2) is 0 Å². The third-order valence-corrected chi connectivity index (χ3v) is 3.92. The van der Waals surface area contributed by atoms with E-state index < -0.39 is 0 Å². The van der Waals surface area contributed by atoms with E-state index in [1.54, 1.807) is 0 Å². The Bertz CT molecular complexity index is 577. The molecule has 0 aliphatic heterocycles. The van der Waals surface area contributed by atoms with Crippen LogP contribution in [0.1, 0.15) is 16.8 Å². The zero-order chi connectivity index (χ0) is 13.2. The van der Waals surface area contributed by atoms with E-state index >= 15 is 0 Å². The molecule has 0 saturated carbocycles. The van der Waals surface area contributed by atoms with Crippen molar-refractivity contribution in [2.24, 2.45) is 7.05 Å². The lowest BCUT2D eigenvalue weighted by molar-refractivity contribution is 0.533. The minimum atomic E-state index is 0.539. The molecule has 3 rings (SSSR count). The highest BCUT2D eigenvalue weighted by Crippen LogP contribution is 2.25. The Labute approximate surface area is 118 Å². The number of nitrogens with zero attached hydrogens (tertiary/aromatic N) is 2. The Hall–Kier alpha value is -1.32. The van der Waals surface area contributed by atoms with Crippen molar-refractivity contribution in [3.8, 4) is 0 Å². The van der Waals surface area contributed by atoms with Gasteiger partial charge in [-0.3, -0.25) is 4.68 Å². The molecular formula is C15H18ClN3. The van der Waals surface area contributed by atoms with Gasteiger partial charge in [0.05, 0.1) is 5.69 Å². The molecule has 0 amide bonds. The summed E-state index contributed by atoms with van der Waals surface area (Å²) in [6.45, 7) is 0.976. The summed E-state index contributed by atoms with van der Waals surface area (Å²) in [4.78, 5) is 0. The lowest BCUT2D eigenvalue weighted by Gasteiger charge is -2.10. The van der Waals surface area contributed by atoms with Gasteiger partial charge in [0.2, 0.25) is 0 Å². The van der Waals surface area contributed by atoms with Crippen LogP contribution in [0.5, 0.6) is 0 Å². The van der Waals surface area contributed by atoms with Gasteiger partial charge >= 0.3 is 0 Å². The number of aromatic nitrogens is 2. The van der Waals surface area contributed by atoms with Crippen molar-refractivity contribution in [1.82, 2.24) is 15.1 Å². The largest absolute Gasteiger partial charge is 0.313 e. The van der Waals surface area contributed by atoms with Crippen molar-refractivity contribution in [3.05, 3.63) is 52.3 Å². The van der Waals surface area contributed by atoms with E-state index in [-0.39, 0.29) is 0 Å². The van der Waals surface area contributed by atoms with Crippen LogP contribution in [0.3, 0.4) is 0 Å². The Morgan fingerprint density at radius 2 is 2.16 bits per heavy atom. The predicted octanol–water partition coefficient (Wildman–Crippen LogP) is 2.37. The van der Waals surface area contributed by atoms with Crippen molar-refractivity contribution in [2.75, 3.05) is 6.54 Å². The summed E-state index contributed by atoms with van der Waals surface area (Å²) in [6.07, 6.45) is 5.16. The van der Waals surface area contributed by atoms with Gasteiger partial charge in [0.1, 0.15) is 0 Å². The average molecular weight is 276 g/mol. The molecule has 1 aromatic carbocycles. The molecule has 1 aliphatic rings. The first kappa shape index (κ1) is 12.7. The smallest absolute Gasteiger partial charge is 0.0637 e. The summed E-state index contributed by atoms with van der Waals surface area (Å²) >= 11 is 6.03. The number of nitrogens with one attached hydrogen (secondary N) is 1. The summed E-state index contributed by atoms with van der Waals surface area (Å²) in [5, 5.41) is 8.84. The second-order valence-corrected chi connectivity index (χ2v) is 5.64. The second-order valence-electron chi connectivity index (χ2n) is 5.20. The topological polar surface area (TPSA) is 29.9 Å². The molecule has 0 radical (unpaired) electrons. The Morgan fingerprint density at radius 1 is 1.32 bits per heavy atom. The van der Waals surface area contributed by atoms with Crippen molar-refractivity contribution in [2.45, 2.75) is 25.3 Å². The summed E-state index contributed by atoms with van der Waals surface area (Å²) in [5.74, 6) is 0. The highest BCUT2D eigenvalue weighted by Gasteiger charge is 2.20. The molecule has 0 spiro atoms. The van der Waals surface area contributed by atoms with E-state index in [4.69, 9.17) is 11.6 Å². The minimum absolute atomic E-state index is 0.539. The van der Waals surface area contributed by atoms with Gasteiger partial charge in [-0.1, -0.05) is 17.7 Å². The highest BCUT2D eigenvalue weighted by atomic mass is 35.5. The molecule has 1 unspecified atom stereocenters. The molecule has 19 heavy (non-hydrogen) atoms. The lowest BCUT2D eigenvalue weighted by atomic mass is 10.1. The number of aryl methyl sites for hydroxylation is 1. The number of halogens is 1. The SMILES string of the molecule is Cn1ccc(CCNC2Cc3ccc(Cl)cc3C2)n1. The zero-order valence-electron chi connectivity index (χ0n) is 11.1. The monoisotopic (exact) mass is 275 g/mol. The van der Waals surface area contributed by atoms with Gasteiger partial charge in [0.25, 0.3) is 0 Å². The summed E-state index contributed by atoms with van der Waals surface area (Å²) in [7, 11) is 1.95. The van der Waals surface area contributed by atoms with Crippen LogP contribution in [0.25, 0.3) is 0 Å². The van der Waals surface area contributed by atoms with Crippen LogP contribution in [0, 0.1) is 0 Å². The molecule has 100 valence electrons. The molecule has 4 heteroatoms. The third kappa shape index (κ3) is 2.99. The summed E-state index contributed by atoms with van der Waals surface area (Å²) in [5.41, 5.74) is 3.97. The zero-order valence-corrected chi connectivity index (χ0v) is 11.8. The standard InChI is InChI=1S/C15H18ClN3/c1-19-7-5-14(18-19)4-6-17-15-9-11-2-3-13(16)8-12(11)10-15/h2-3,5,7-8,15,17H,4,6,9-10H2,1H3. The molecule has 1 aromatic heterocycles. The van der Waals surface area contributed by atoms with Crippen molar-refractivity contribution in [3.63, 3.8) is 0 Å². The number of hydrogen-bond acceptors (Lipinski definition) is 2. The quantitative estimate of drug-likeness (QED) is 0.928. The van der Waals surface area contributed by atoms with E-state index in [0.29, 0.717) is 6.04 Å². The molecule has 1 aliphatic carbocycles. The molecule has 0 saturated heterocycles. The van der Waals surface area contributed by atoms with Crippen LogP contribution in [-0.4, -0.2) is 22.4 Å². The van der Waals surface area contributed by atoms with Crippen LogP contribution in [-0.2, 0) is 26.3 Å².